The lowest BCUT2D eigenvalue weighted by atomic mass is 10.00. The number of nitrogens with zero attached hydrogens (tertiary/aromatic N) is 3. The number of hydrogen-bond acceptors (Lipinski definition) is 8. The van der Waals surface area contributed by atoms with E-state index in [0.717, 1.165) is 6.26 Å². The van der Waals surface area contributed by atoms with E-state index in [-0.39, 0.29) is 17.9 Å². The van der Waals surface area contributed by atoms with Crippen molar-refractivity contribution in [2.75, 3.05) is 6.54 Å². The minimum Gasteiger partial charge on any atom is -0.364 e. The predicted octanol–water partition coefficient (Wildman–Crippen LogP) is -0.615. The Labute approximate surface area is 135 Å². The zero-order valence-electron chi connectivity index (χ0n) is 12.1. The molecule has 2 aliphatic heterocycles. The van der Waals surface area contributed by atoms with E-state index < -0.39 is 34.4 Å². The molecule has 13 heteroatoms. The normalized spacial score (nSPS) is 23.5. The first-order chi connectivity index (χ1) is 11.3. The van der Waals surface area contributed by atoms with Gasteiger partial charge in [0.2, 0.25) is 0 Å². The summed E-state index contributed by atoms with van der Waals surface area (Å²) in [6.07, 6.45) is 2.96. The molecular formula is C11H13N5O7S. The van der Waals surface area contributed by atoms with Crippen molar-refractivity contribution < 1.29 is 31.4 Å². The summed E-state index contributed by atoms with van der Waals surface area (Å²) in [4.78, 5) is 25.3. The van der Waals surface area contributed by atoms with Gasteiger partial charge >= 0.3 is 16.4 Å². The molecule has 2 fully saturated rings. The van der Waals surface area contributed by atoms with Crippen LogP contribution in [0.5, 0.6) is 0 Å². The second-order valence-corrected chi connectivity index (χ2v) is 6.30. The molecule has 12 nitrogen and oxygen atoms in total. The Bertz CT molecular complexity index is 777. The molecule has 0 saturated carbocycles. The number of aromatic nitrogens is 1. The molecule has 0 radical (unpaired) electrons. The van der Waals surface area contributed by atoms with Crippen LogP contribution in [0.1, 0.15) is 23.2 Å². The van der Waals surface area contributed by atoms with Gasteiger partial charge in [0, 0.05) is 6.54 Å². The van der Waals surface area contributed by atoms with Crippen molar-refractivity contribution in [1.82, 2.24) is 20.4 Å². The van der Waals surface area contributed by atoms with Crippen molar-refractivity contribution in [2.24, 2.45) is 0 Å². The van der Waals surface area contributed by atoms with Crippen LogP contribution in [0.2, 0.25) is 0 Å². The van der Waals surface area contributed by atoms with Crippen molar-refractivity contribution in [3.8, 4) is 0 Å². The highest BCUT2D eigenvalue weighted by molar-refractivity contribution is 7.80. The third kappa shape index (κ3) is 3.08. The van der Waals surface area contributed by atoms with E-state index in [4.69, 9.17) is 9.96 Å². The van der Waals surface area contributed by atoms with E-state index in [2.05, 4.69) is 19.3 Å². The Hall–Kier alpha value is -2.51. The molecule has 2 saturated heterocycles. The molecular weight excluding hydrogens is 346 g/mol. The minimum atomic E-state index is -4.83. The summed E-state index contributed by atoms with van der Waals surface area (Å²) in [6.45, 7) is 0.116. The Morgan fingerprint density at radius 2 is 2.25 bits per heavy atom. The lowest BCUT2D eigenvalue weighted by Gasteiger charge is -2.30. The molecule has 1 aromatic rings. The van der Waals surface area contributed by atoms with Crippen LogP contribution >= 0.6 is 0 Å². The third-order valence-corrected chi connectivity index (χ3v) is 4.12. The van der Waals surface area contributed by atoms with Crippen LogP contribution in [0.25, 0.3) is 0 Å². The van der Waals surface area contributed by atoms with Crippen LogP contribution in [0, 0.1) is 5.41 Å². The molecule has 0 unspecified atom stereocenters. The average molecular weight is 359 g/mol. The summed E-state index contributed by atoms with van der Waals surface area (Å²) in [6, 6.07) is -2.10. The van der Waals surface area contributed by atoms with E-state index in [0.29, 0.717) is 17.9 Å². The van der Waals surface area contributed by atoms with Gasteiger partial charge in [-0.2, -0.15) is 13.5 Å². The lowest BCUT2D eigenvalue weighted by molar-refractivity contribution is -0.0316. The molecule has 3 heterocycles. The highest BCUT2D eigenvalue weighted by Crippen LogP contribution is 2.30. The number of amides is 3. The number of amidine groups is 1. The van der Waals surface area contributed by atoms with Crippen molar-refractivity contribution in [3.63, 3.8) is 0 Å². The molecule has 3 amide bonds. The van der Waals surface area contributed by atoms with Gasteiger partial charge in [-0.3, -0.25) is 14.8 Å². The van der Waals surface area contributed by atoms with Crippen LogP contribution in [-0.2, 0) is 14.7 Å². The summed E-state index contributed by atoms with van der Waals surface area (Å²) in [7, 11) is -4.83. The summed E-state index contributed by atoms with van der Waals surface area (Å²) in [5.74, 6) is -0.831. The second kappa shape index (κ2) is 5.85. The fourth-order valence-electron chi connectivity index (χ4n) is 2.73. The van der Waals surface area contributed by atoms with E-state index in [1.54, 1.807) is 0 Å². The van der Waals surface area contributed by atoms with E-state index in [1.807, 2.05) is 0 Å². The first-order valence-corrected chi connectivity index (χ1v) is 8.19. The Balaban J connectivity index is 1.69. The molecule has 2 aliphatic rings. The van der Waals surface area contributed by atoms with Crippen molar-refractivity contribution in [2.45, 2.75) is 24.9 Å². The number of hydrogen-bond donors (Lipinski definition) is 3. The van der Waals surface area contributed by atoms with Gasteiger partial charge in [0.25, 0.3) is 5.91 Å². The first-order valence-electron chi connectivity index (χ1n) is 6.82. The summed E-state index contributed by atoms with van der Waals surface area (Å²) in [5.41, 5.74) is 0.123. The van der Waals surface area contributed by atoms with Crippen LogP contribution in [-0.4, -0.2) is 64.5 Å². The summed E-state index contributed by atoms with van der Waals surface area (Å²) in [5, 5.41) is 14.3. The minimum absolute atomic E-state index is 0.116. The quantitative estimate of drug-likeness (QED) is 0.363. The Morgan fingerprint density at radius 3 is 2.88 bits per heavy atom. The highest BCUT2D eigenvalue weighted by atomic mass is 32.3. The van der Waals surface area contributed by atoms with Crippen LogP contribution < -0.4 is 5.32 Å². The van der Waals surface area contributed by atoms with Gasteiger partial charge < -0.3 is 14.7 Å². The smallest absolute Gasteiger partial charge is 0.364 e. The monoisotopic (exact) mass is 359 g/mol. The van der Waals surface area contributed by atoms with Gasteiger partial charge in [-0.1, -0.05) is 5.16 Å². The van der Waals surface area contributed by atoms with Gasteiger partial charge in [-0.25, -0.2) is 4.79 Å². The maximum absolute atomic E-state index is 12.2. The second-order valence-electron chi connectivity index (χ2n) is 5.29. The first kappa shape index (κ1) is 16.4. The predicted molar refractivity (Wildman–Crippen MR) is 75.1 cm³/mol. The number of urea groups is 1. The number of hydroxylamine groups is 2. The third-order valence-electron chi connectivity index (χ3n) is 3.77. The van der Waals surface area contributed by atoms with E-state index in [1.165, 1.54) is 11.1 Å². The maximum Gasteiger partial charge on any atom is 0.418 e. The van der Waals surface area contributed by atoms with Gasteiger partial charge in [-0.15, -0.1) is 4.28 Å². The van der Waals surface area contributed by atoms with Crippen LogP contribution in [0.4, 0.5) is 4.79 Å². The zero-order valence-corrected chi connectivity index (χ0v) is 12.9. The fourth-order valence-corrected chi connectivity index (χ4v) is 3.11. The largest absolute Gasteiger partial charge is 0.418 e. The van der Waals surface area contributed by atoms with Gasteiger partial charge in [0.1, 0.15) is 12.1 Å². The number of rotatable bonds is 4. The van der Waals surface area contributed by atoms with Gasteiger partial charge in [-0.05, 0) is 12.8 Å². The standard InChI is InChI=1S/C11H13N5O7S/c12-9(14-10(17)6-3-13-22-5-6)8-2-1-7-4-15(8)11(18)16(7)23-24(19,20)21/h3,5,7-8H,1-2,4H2,(H2,12,14,17)(H,19,20,21)/t7-,8+/m1/s1. The number of fused-ring (bicyclic) bond motifs is 2. The maximum atomic E-state index is 12.2. The number of carbonyl (C=O) groups excluding carboxylic acids is 2. The molecule has 3 rings (SSSR count). The molecule has 2 atom stereocenters. The Morgan fingerprint density at radius 1 is 1.50 bits per heavy atom. The topological polar surface area (TPSA) is 166 Å². The summed E-state index contributed by atoms with van der Waals surface area (Å²) < 4.78 is 39.2. The molecule has 130 valence electrons. The Kier molecular flexibility index (Phi) is 3.98. The zero-order chi connectivity index (χ0) is 17.5. The van der Waals surface area contributed by atoms with Crippen molar-refractivity contribution >= 4 is 28.2 Å². The average Bonchev–Trinajstić information content (AvgIpc) is 3.11. The van der Waals surface area contributed by atoms with Crippen LogP contribution in [0.3, 0.4) is 0 Å². The number of nitrogens with one attached hydrogen (secondary N) is 2. The highest BCUT2D eigenvalue weighted by Gasteiger charge is 2.48. The number of piperidine rings is 1. The molecule has 1 aromatic heterocycles. The molecule has 0 aliphatic carbocycles. The SMILES string of the molecule is N=C(NC(=O)c1cnoc1)[C@@H]1CC[C@@H]2CN1C(=O)N2OS(=O)(=O)O. The van der Waals surface area contributed by atoms with E-state index >= 15 is 0 Å². The molecule has 0 spiro atoms. The molecule has 2 bridgehead atoms. The van der Waals surface area contributed by atoms with E-state index in [9.17, 15) is 18.0 Å². The molecule has 0 aromatic carbocycles. The number of carbonyl (C=O) groups is 2. The fraction of sp³-hybridized carbons (Fsp3) is 0.455. The van der Waals surface area contributed by atoms with Gasteiger partial charge in [0.05, 0.1) is 23.8 Å². The molecule has 24 heavy (non-hydrogen) atoms. The lowest BCUT2D eigenvalue weighted by Crippen LogP contribution is -2.50. The van der Waals surface area contributed by atoms with Crippen molar-refractivity contribution in [1.29, 1.82) is 5.41 Å². The van der Waals surface area contributed by atoms with Gasteiger partial charge in [0.15, 0.2) is 0 Å². The van der Waals surface area contributed by atoms with Crippen molar-refractivity contribution in [3.05, 3.63) is 18.0 Å². The van der Waals surface area contributed by atoms with Crippen LogP contribution in [0.15, 0.2) is 17.0 Å². The molecule has 3 N–H and O–H groups in total. The summed E-state index contributed by atoms with van der Waals surface area (Å²) >= 11 is 0.